The van der Waals surface area contributed by atoms with Gasteiger partial charge in [-0.1, -0.05) is 31.2 Å². The van der Waals surface area contributed by atoms with Crippen LogP contribution < -0.4 is 5.32 Å². The van der Waals surface area contributed by atoms with Crippen molar-refractivity contribution in [1.29, 1.82) is 0 Å². The fourth-order valence-corrected chi connectivity index (χ4v) is 3.92. The molecule has 1 heterocycles. The number of aryl methyl sites for hydroxylation is 1. The first-order chi connectivity index (χ1) is 10.0. The number of piperidine rings is 1. The first kappa shape index (κ1) is 16.5. The number of hydrogen-bond acceptors (Lipinski definition) is 3. The quantitative estimate of drug-likeness (QED) is 0.874. The highest BCUT2D eigenvalue weighted by Gasteiger charge is 2.25. The summed E-state index contributed by atoms with van der Waals surface area (Å²) in [4.78, 5) is 0. The predicted octanol–water partition coefficient (Wildman–Crippen LogP) is 2.01. The largest absolute Gasteiger partial charge is 0.312 e. The minimum absolute atomic E-state index is 0.419. The smallest absolute Gasteiger partial charge is 0.211 e. The molecule has 0 amide bonds. The lowest BCUT2D eigenvalue weighted by atomic mass is 9.99. The predicted molar refractivity (Wildman–Crippen MR) is 86.7 cm³/mol. The van der Waals surface area contributed by atoms with Crippen LogP contribution in [0.5, 0.6) is 0 Å². The number of nitrogens with one attached hydrogen (secondary N) is 1. The number of nitrogens with zero attached hydrogens (tertiary/aromatic N) is 1. The number of rotatable bonds is 6. The zero-order chi connectivity index (χ0) is 15.3. The SMILES string of the molecule is CCc1ccccc1CNCC1CCCN(S(C)(=O)=O)C1. The maximum Gasteiger partial charge on any atom is 0.211 e. The van der Waals surface area contributed by atoms with E-state index in [1.165, 1.54) is 17.4 Å². The molecule has 4 nitrogen and oxygen atoms in total. The van der Waals surface area contributed by atoms with Crippen LogP contribution in [0, 0.1) is 5.92 Å². The Morgan fingerprint density at radius 1 is 1.29 bits per heavy atom. The van der Waals surface area contributed by atoms with Gasteiger partial charge in [0.1, 0.15) is 0 Å². The zero-order valence-electron chi connectivity index (χ0n) is 13.0. The molecule has 0 bridgehead atoms. The fourth-order valence-electron chi connectivity index (χ4n) is 2.98. The highest BCUT2D eigenvalue weighted by atomic mass is 32.2. The van der Waals surface area contributed by atoms with Crippen LogP contribution in [0.25, 0.3) is 0 Å². The van der Waals surface area contributed by atoms with Gasteiger partial charge in [0.05, 0.1) is 6.26 Å². The van der Waals surface area contributed by atoms with Gasteiger partial charge in [-0.25, -0.2) is 12.7 Å². The summed E-state index contributed by atoms with van der Waals surface area (Å²) in [6.45, 7) is 5.24. The Morgan fingerprint density at radius 3 is 2.67 bits per heavy atom. The molecule has 1 fully saturated rings. The van der Waals surface area contributed by atoms with Crippen molar-refractivity contribution in [2.24, 2.45) is 5.92 Å². The zero-order valence-corrected chi connectivity index (χ0v) is 13.8. The summed E-state index contributed by atoms with van der Waals surface area (Å²) in [5.41, 5.74) is 2.72. The molecule has 1 aliphatic rings. The third kappa shape index (κ3) is 4.80. The van der Waals surface area contributed by atoms with Gasteiger partial charge in [0, 0.05) is 19.6 Å². The van der Waals surface area contributed by atoms with E-state index in [1.807, 2.05) is 0 Å². The minimum atomic E-state index is -3.04. The lowest BCUT2D eigenvalue weighted by molar-refractivity contribution is 0.261. The maximum atomic E-state index is 11.6. The second-order valence-corrected chi connectivity index (χ2v) is 7.86. The third-order valence-corrected chi connectivity index (χ3v) is 5.47. The summed E-state index contributed by atoms with van der Waals surface area (Å²) in [5.74, 6) is 0.419. The molecule has 1 aliphatic heterocycles. The minimum Gasteiger partial charge on any atom is -0.312 e. The van der Waals surface area contributed by atoms with Crippen molar-refractivity contribution in [2.45, 2.75) is 32.7 Å². The van der Waals surface area contributed by atoms with Crippen molar-refractivity contribution in [1.82, 2.24) is 9.62 Å². The first-order valence-electron chi connectivity index (χ1n) is 7.73. The summed E-state index contributed by atoms with van der Waals surface area (Å²) in [6, 6.07) is 8.48. The van der Waals surface area contributed by atoms with Crippen molar-refractivity contribution < 1.29 is 8.42 Å². The third-order valence-electron chi connectivity index (χ3n) is 4.20. The highest BCUT2D eigenvalue weighted by molar-refractivity contribution is 7.88. The standard InChI is InChI=1S/C16H26N2O2S/c1-3-15-8-4-5-9-16(15)12-17-11-14-7-6-10-18(13-14)21(2,19)20/h4-5,8-9,14,17H,3,6-7,10-13H2,1-2H3. The summed E-state index contributed by atoms with van der Waals surface area (Å²) in [7, 11) is -3.04. The Kier molecular flexibility index (Phi) is 5.79. The van der Waals surface area contributed by atoms with Crippen LogP contribution in [0.1, 0.15) is 30.9 Å². The topological polar surface area (TPSA) is 49.4 Å². The van der Waals surface area contributed by atoms with Crippen LogP contribution >= 0.6 is 0 Å². The molecule has 1 N–H and O–H groups in total. The van der Waals surface area contributed by atoms with Crippen LogP contribution in [0.4, 0.5) is 0 Å². The summed E-state index contributed by atoms with van der Waals surface area (Å²) < 4.78 is 24.8. The molecule has 0 saturated carbocycles. The molecule has 5 heteroatoms. The van der Waals surface area contributed by atoms with Crippen LogP contribution in [-0.2, 0) is 23.0 Å². The molecule has 0 aliphatic carbocycles. The Hall–Kier alpha value is -0.910. The molecule has 1 aromatic carbocycles. The lowest BCUT2D eigenvalue weighted by Gasteiger charge is -2.31. The molecule has 21 heavy (non-hydrogen) atoms. The number of sulfonamides is 1. The molecule has 118 valence electrons. The van der Waals surface area contributed by atoms with Gasteiger partial charge in [0.2, 0.25) is 10.0 Å². The Bertz CT molecular complexity index is 557. The Labute approximate surface area is 128 Å². The molecule has 0 spiro atoms. The van der Waals surface area contributed by atoms with Gasteiger partial charge in [0.15, 0.2) is 0 Å². The van der Waals surface area contributed by atoms with Crippen molar-refractivity contribution in [3.8, 4) is 0 Å². The fraction of sp³-hybridized carbons (Fsp3) is 0.625. The molecule has 1 unspecified atom stereocenters. The van der Waals surface area contributed by atoms with Crippen molar-refractivity contribution >= 4 is 10.0 Å². The van der Waals surface area contributed by atoms with Crippen LogP contribution in [0.3, 0.4) is 0 Å². The van der Waals surface area contributed by atoms with E-state index in [9.17, 15) is 8.42 Å². The van der Waals surface area contributed by atoms with E-state index in [0.29, 0.717) is 19.0 Å². The first-order valence-corrected chi connectivity index (χ1v) is 9.58. The molecule has 0 radical (unpaired) electrons. The molecule has 1 aromatic rings. The van der Waals surface area contributed by atoms with Gasteiger partial charge >= 0.3 is 0 Å². The van der Waals surface area contributed by atoms with Gasteiger partial charge in [-0.05, 0) is 42.9 Å². The second-order valence-electron chi connectivity index (χ2n) is 5.88. The molecule has 2 rings (SSSR count). The molecular formula is C16H26N2O2S. The van der Waals surface area contributed by atoms with Crippen molar-refractivity contribution in [3.05, 3.63) is 35.4 Å². The van der Waals surface area contributed by atoms with Crippen LogP contribution in [-0.4, -0.2) is 38.6 Å². The van der Waals surface area contributed by atoms with Gasteiger partial charge < -0.3 is 5.32 Å². The second kappa shape index (κ2) is 7.38. The average Bonchev–Trinajstić information content (AvgIpc) is 2.47. The monoisotopic (exact) mass is 310 g/mol. The van der Waals surface area contributed by atoms with Crippen molar-refractivity contribution in [2.75, 3.05) is 25.9 Å². The highest BCUT2D eigenvalue weighted by Crippen LogP contribution is 2.18. The molecule has 1 atom stereocenters. The lowest BCUT2D eigenvalue weighted by Crippen LogP contribution is -2.42. The molecule has 0 aromatic heterocycles. The van der Waals surface area contributed by atoms with Crippen LogP contribution in [0.2, 0.25) is 0 Å². The maximum absolute atomic E-state index is 11.6. The molecular weight excluding hydrogens is 284 g/mol. The van der Waals surface area contributed by atoms with Gasteiger partial charge in [-0.15, -0.1) is 0 Å². The van der Waals surface area contributed by atoms with E-state index in [4.69, 9.17) is 0 Å². The van der Waals surface area contributed by atoms with E-state index in [2.05, 4.69) is 36.5 Å². The van der Waals surface area contributed by atoms with Gasteiger partial charge in [-0.3, -0.25) is 0 Å². The summed E-state index contributed by atoms with van der Waals surface area (Å²) in [5, 5.41) is 3.50. The number of benzene rings is 1. The van der Waals surface area contributed by atoms with Gasteiger partial charge in [-0.2, -0.15) is 0 Å². The normalized spacial score (nSPS) is 20.6. The molecule has 1 saturated heterocycles. The Morgan fingerprint density at radius 2 is 2.00 bits per heavy atom. The van der Waals surface area contributed by atoms with Crippen molar-refractivity contribution in [3.63, 3.8) is 0 Å². The van der Waals surface area contributed by atoms with E-state index in [1.54, 1.807) is 4.31 Å². The van der Waals surface area contributed by atoms with E-state index in [0.717, 1.165) is 32.4 Å². The van der Waals surface area contributed by atoms with E-state index >= 15 is 0 Å². The number of hydrogen-bond donors (Lipinski definition) is 1. The summed E-state index contributed by atoms with van der Waals surface area (Å²) >= 11 is 0. The van der Waals surface area contributed by atoms with E-state index in [-0.39, 0.29) is 0 Å². The average molecular weight is 310 g/mol. The summed E-state index contributed by atoms with van der Waals surface area (Å²) in [6.07, 6.45) is 4.42. The van der Waals surface area contributed by atoms with E-state index < -0.39 is 10.0 Å². The Balaban J connectivity index is 1.83. The van der Waals surface area contributed by atoms with Crippen LogP contribution in [0.15, 0.2) is 24.3 Å². The van der Waals surface area contributed by atoms with Gasteiger partial charge in [0.25, 0.3) is 0 Å².